The van der Waals surface area contributed by atoms with Crippen molar-refractivity contribution in [1.29, 1.82) is 0 Å². The number of hydrogen-bond donors (Lipinski definition) is 2. The molecule has 8 heteroatoms. The lowest BCUT2D eigenvalue weighted by atomic mass is 10.2. The number of benzene rings is 1. The van der Waals surface area contributed by atoms with Gasteiger partial charge in [0.25, 0.3) is 5.91 Å². The number of fused-ring (bicyclic) bond motifs is 1. The van der Waals surface area contributed by atoms with E-state index in [9.17, 15) is 14.7 Å². The number of rotatable bonds is 3. The summed E-state index contributed by atoms with van der Waals surface area (Å²) in [4.78, 5) is 29.5. The molecule has 0 aliphatic rings. The summed E-state index contributed by atoms with van der Waals surface area (Å²) in [5.74, 6) is -1.56. The lowest BCUT2D eigenvalue weighted by Crippen LogP contribution is -2.15. The SMILES string of the molecule is Cc1cn2cc(C(=O)Nc3ccc(Br)cc3C(=O)O)nc2s1. The van der Waals surface area contributed by atoms with Crippen molar-refractivity contribution in [3.05, 3.63) is 51.2 Å². The molecule has 3 aromatic rings. The fourth-order valence-electron chi connectivity index (χ4n) is 2.01. The number of carbonyl (C=O) groups is 2. The molecule has 22 heavy (non-hydrogen) atoms. The number of hydrogen-bond acceptors (Lipinski definition) is 4. The molecular weight excluding hydrogens is 370 g/mol. The zero-order valence-electron chi connectivity index (χ0n) is 11.3. The second kappa shape index (κ2) is 5.54. The Balaban J connectivity index is 1.90. The van der Waals surface area contributed by atoms with E-state index in [1.165, 1.54) is 23.5 Å². The highest BCUT2D eigenvalue weighted by atomic mass is 79.9. The van der Waals surface area contributed by atoms with Crippen molar-refractivity contribution in [3.63, 3.8) is 0 Å². The average Bonchev–Trinajstić information content (AvgIpc) is 2.97. The predicted molar refractivity (Wildman–Crippen MR) is 86.9 cm³/mol. The van der Waals surface area contributed by atoms with Crippen molar-refractivity contribution >= 4 is 49.8 Å². The number of nitrogens with one attached hydrogen (secondary N) is 1. The van der Waals surface area contributed by atoms with Crippen molar-refractivity contribution in [2.45, 2.75) is 6.92 Å². The van der Waals surface area contributed by atoms with E-state index in [4.69, 9.17) is 0 Å². The maximum atomic E-state index is 12.2. The molecule has 0 radical (unpaired) electrons. The average molecular weight is 380 g/mol. The zero-order chi connectivity index (χ0) is 15.9. The molecule has 0 aliphatic carbocycles. The Labute approximate surface area is 137 Å². The summed E-state index contributed by atoms with van der Waals surface area (Å²) in [7, 11) is 0. The van der Waals surface area contributed by atoms with Gasteiger partial charge in [0.05, 0.1) is 11.3 Å². The molecule has 0 bridgehead atoms. The minimum absolute atomic E-state index is 0.0135. The monoisotopic (exact) mass is 379 g/mol. The van der Waals surface area contributed by atoms with Gasteiger partial charge < -0.3 is 10.4 Å². The van der Waals surface area contributed by atoms with E-state index in [1.54, 1.807) is 16.7 Å². The Bertz CT molecular complexity index is 869. The van der Waals surface area contributed by atoms with Gasteiger partial charge in [0, 0.05) is 21.7 Å². The fourth-order valence-corrected chi connectivity index (χ4v) is 3.18. The van der Waals surface area contributed by atoms with E-state index >= 15 is 0 Å². The molecule has 0 spiro atoms. The van der Waals surface area contributed by atoms with E-state index in [-0.39, 0.29) is 16.9 Å². The molecule has 2 N–H and O–H groups in total. The third-order valence-electron chi connectivity index (χ3n) is 2.96. The highest BCUT2D eigenvalue weighted by molar-refractivity contribution is 9.10. The molecule has 2 aromatic heterocycles. The first-order valence-electron chi connectivity index (χ1n) is 6.23. The van der Waals surface area contributed by atoms with Crippen LogP contribution >= 0.6 is 27.3 Å². The molecule has 0 saturated carbocycles. The highest BCUT2D eigenvalue weighted by Gasteiger charge is 2.16. The van der Waals surface area contributed by atoms with Gasteiger partial charge in [-0.05, 0) is 25.1 Å². The first-order valence-corrected chi connectivity index (χ1v) is 7.84. The van der Waals surface area contributed by atoms with Gasteiger partial charge in [-0.3, -0.25) is 9.20 Å². The van der Waals surface area contributed by atoms with Crippen LogP contribution in [0.25, 0.3) is 4.96 Å². The van der Waals surface area contributed by atoms with Crippen molar-refractivity contribution in [2.24, 2.45) is 0 Å². The van der Waals surface area contributed by atoms with E-state index in [1.807, 2.05) is 13.1 Å². The Kier molecular flexibility index (Phi) is 3.71. The maximum Gasteiger partial charge on any atom is 0.337 e. The second-order valence-electron chi connectivity index (χ2n) is 4.61. The number of carboxylic acids is 1. The minimum atomic E-state index is -1.11. The fraction of sp³-hybridized carbons (Fsp3) is 0.0714. The molecular formula is C14H10BrN3O3S. The van der Waals surface area contributed by atoms with Crippen LogP contribution in [0.2, 0.25) is 0 Å². The number of anilines is 1. The Morgan fingerprint density at radius 2 is 2.14 bits per heavy atom. The Morgan fingerprint density at radius 3 is 2.82 bits per heavy atom. The smallest absolute Gasteiger partial charge is 0.337 e. The number of halogens is 1. The highest BCUT2D eigenvalue weighted by Crippen LogP contribution is 2.22. The summed E-state index contributed by atoms with van der Waals surface area (Å²) in [5.41, 5.74) is 0.485. The summed E-state index contributed by atoms with van der Waals surface area (Å²) in [5, 5.41) is 11.8. The number of amides is 1. The lowest BCUT2D eigenvalue weighted by molar-refractivity contribution is 0.0698. The van der Waals surface area contributed by atoms with Crippen molar-refractivity contribution < 1.29 is 14.7 Å². The second-order valence-corrected chi connectivity index (χ2v) is 6.74. The van der Waals surface area contributed by atoms with Gasteiger partial charge in [-0.1, -0.05) is 15.9 Å². The number of imidazole rings is 1. The molecule has 0 saturated heterocycles. The molecule has 0 atom stereocenters. The van der Waals surface area contributed by atoms with Gasteiger partial charge in [-0.15, -0.1) is 11.3 Å². The molecule has 1 amide bonds. The number of carbonyl (C=O) groups excluding carboxylic acids is 1. The number of nitrogens with zero attached hydrogens (tertiary/aromatic N) is 2. The summed E-state index contributed by atoms with van der Waals surface area (Å²) in [6.45, 7) is 1.96. The van der Waals surface area contributed by atoms with E-state index < -0.39 is 11.9 Å². The van der Waals surface area contributed by atoms with E-state index in [0.717, 1.165) is 9.84 Å². The van der Waals surface area contributed by atoms with Crippen LogP contribution in [0.3, 0.4) is 0 Å². The number of aromatic nitrogens is 2. The lowest BCUT2D eigenvalue weighted by Gasteiger charge is -2.07. The molecule has 2 heterocycles. The summed E-state index contributed by atoms with van der Waals surface area (Å²) in [6, 6.07) is 4.64. The van der Waals surface area contributed by atoms with E-state index in [2.05, 4.69) is 26.2 Å². The third kappa shape index (κ3) is 2.75. The molecule has 1 aromatic carbocycles. The van der Waals surface area contributed by atoms with Gasteiger partial charge in [0.15, 0.2) is 4.96 Å². The van der Waals surface area contributed by atoms with Crippen LogP contribution in [-0.4, -0.2) is 26.4 Å². The van der Waals surface area contributed by atoms with Gasteiger partial charge in [-0.2, -0.15) is 0 Å². The van der Waals surface area contributed by atoms with Crippen LogP contribution in [0.1, 0.15) is 25.7 Å². The summed E-state index contributed by atoms with van der Waals surface area (Å²) in [6.07, 6.45) is 3.50. The maximum absolute atomic E-state index is 12.2. The van der Waals surface area contributed by atoms with Crippen LogP contribution in [0.4, 0.5) is 5.69 Å². The third-order valence-corrected chi connectivity index (χ3v) is 4.37. The molecule has 0 aliphatic heterocycles. The van der Waals surface area contributed by atoms with Gasteiger partial charge in [0.2, 0.25) is 0 Å². The van der Waals surface area contributed by atoms with Crippen molar-refractivity contribution in [2.75, 3.05) is 5.32 Å². The number of carboxylic acid groups (broad SMARTS) is 1. The number of thiazole rings is 1. The zero-order valence-corrected chi connectivity index (χ0v) is 13.7. The first kappa shape index (κ1) is 14.7. The van der Waals surface area contributed by atoms with Crippen LogP contribution in [0.15, 0.2) is 35.1 Å². The molecule has 0 fully saturated rings. The van der Waals surface area contributed by atoms with Crippen molar-refractivity contribution in [1.82, 2.24) is 9.38 Å². The van der Waals surface area contributed by atoms with E-state index in [0.29, 0.717) is 4.47 Å². The first-order chi connectivity index (χ1) is 10.4. The number of aromatic carboxylic acids is 1. The molecule has 3 rings (SSSR count). The summed E-state index contributed by atoms with van der Waals surface area (Å²) >= 11 is 4.69. The quantitative estimate of drug-likeness (QED) is 0.730. The Hall–Kier alpha value is -2.19. The number of aryl methyl sites for hydroxylation is 1. The molecule has 112 valence electrons. The van der Waals surface area contributed by atoms with Gasteiger partial charge in [0.1, 0.15) is 5.69 Å². The van der Waals surface area contributed by atoms with Crippen LogP contribution in [0, 0.1) is 6.92 Å². The largest absolute Gasteiger partial charge is 0.478 e. The van der Waals surface area contributed by atoms with Crippen LogP contribution in [-0.2, 0) is 0 Å². The van der Waals surface area contributed by atoms with Gasteiger partial charge in [-0.25, -0.2) is 9.78 Å². The minimum Gasteiger partial charge on any atom is -0.478 e. The Morgan fingerprint density at radius 1 is 1.36 bits per heavy atom. The van der Waals surface area contributed by atoms with Crippen LogP contribution in [0.5, 0.6) is 0 Å². The molecule has 6 nitrogen and oxygen atoms in total. The normalized spacial score (nSPS) is 10.8. The van der Waals surface area contributed by atoms with Crippen LogP contribution < -0.4 is 5.32 Å². The standard InChI is InChI=1S/C14H10BrN3O3S/c1-7-5-18-6-11(17-14(18)22-7)12(19)16-10-3-2-8(15)4-9(10)13(20)21/h2-6H,1H3,(H,16,19)(H,20,21). The molecule has 0 unspecified atom stereocenters. The predicted octanol–water partition coefficient (Wildman–Crippen LogP) is 3.42. The van der Waals surface area contributed by atoms with Crippen molar-refractivity contribution in [3.8, 4) is 0 Å². The topological polar surface area (TPSA) is 83.7 Å². The van der Waals surface area contributed by atoms with Gasteiger partial charge >= 0.3 is 5.97 Å². The summed E-state index contributed by atoms with van der Waals surface area (Å²) < 4.78 is 2.40.